The van der Waals surface area contributed by atoms with Gasteiger partial charge in [0.05, 0.1) is 0 Å². The van der Waals surface area contributed by atoms with Crippen molar-refractivity contribution in [2.45, 2.75) is 19.9 Å². The van der Waals surface area contributed by atoms with Crippen molar-refractivity contribution in [3.8, 4) is 5.69 Å². The third kappa shape index (κ3) is 3.82. The molecule has 0 spiro atoms. The van der Waals surface area contributed by atoms with E-state index >= 15 is 0 Å². The summed E-state index contributed by atoms with van der Waals surface area (Å²) in [6.45, 7) is 2.93. The highest BCUT2D eigenvalue weighted by Crippen LogP contribution is 2.22. The number of hydrogen-bond acceptors (Lipinski definition) is 4. The first-order chi connectivity index (χ1) is 13.5. The van der Waals surface area contributed by atoms with Crippen molar-refractivity contribution in [1.29, 1.82) is 0 Å². The van der Waals surface area contributed by atoms with Gasteiger partial charge in [-0.15, -0.1) is 0 Å². The van der Waals surface area contributed by atoms with Gasteiger partial charge in [-0.25, -0.2) is 4.39 Å². The highest BCUT2D eigenvalue weighted by atomic mass is 19.1. The fourth-order valence-corrected chi connectivity index (χ4v) is 3.30. The zero-order valence-electron chi connectivity index (χ0n) is 15.8. The van der Waals surface area contributed by atoms with Crippen LogP contribution in [0.1, 0.15) is 28.4 Å². The van der Waals surface area contributed by atoms with Crippen molar-refractivity contribution in [3.63, 3.8) is 0 Å². The third-order valence-electron chi connectivity index (χ3n) is 4.74. The Labute approximate surface area is 161 Å². The smallest absolute Gasteiger partial charge is 0.268 e. The number of nitrogens with zero attached hydrogens (tertiary/aromatic N) is 2. The lowest BCUT2D eigenvalue weighted by molar-refractivity contribution is -0.136. The first-order valence-electron chi connectivity index (χ1n) is 9.07. The van der Waals surface area contributed by atoms with Crippen LogP contribution in [0.15, 0.2) is 35.3 Å². The second kappa shape index (κ2) is 8.35. The average Bonchev–Trinajstić information content (AvgIpc) is 2.71. The van der Waals surface area contributed by atoms with Crippen molar-refractivity contribution in [2.24, 2.45) is 0 Å². The monoisotopic (exact) mass is 387 g/mol. The van der Waals surface area contributed by atoms with Gasteiger partial charge in [0.2, 0.25) is 5.91 Å². The molecule has 1 N–H and O–H groups in total. The van der Waals surface area contributed by atoms with Gasteiger partial charge >= 0.3 is 0 Å². The van der Waals surface area contributed by atoms with E-state index in [-0.39, 0.29) is 24.6 Å². The molecular formula is C20H22FN3O4. The second-order valence-corrected chi connectivity index (χ2v) is 6.44. The Balaban J connectivity index is 2.07. The van der Waals surface area contributed by atoms with Crippen molar-refractivity contribution in [1.82, 2.24) is 14.8 Å². The van der Waals surface area contributed by atoms with Gasteiger partial charge in [-0.3, -0.25) is 19.0 Å². The van der Waals surface area contributed by atoms with Crippen LogP contribution in [0, 0.1) is 5.82 Å². The van der Waals surface area contributed by atoms with Crippen molar-refractivity contribution in [2.75, 3.05) is 26.8 Å². The van der Waals surface area contributed by atoms with E-state index in [2.05, 4.69) is 5.32 Å². The van der Waals surface area contributed by atoms with E-state index in [0.29, 0.717) is 36.4 Å². The quantitative estimate of drug-likeness (QED) is 0.838. The Morgan fingerprint density at radius 3 is 2.61 bits per heavy atom. The van der Waals surface area contributed by atoms with Crippen LogP contribution in [0.3, 0.4) is 0 Å². The maximum absolute atomic E-state index is 13.3. The average molecular weight is 387 g/mol. The number of pyridine rings is 1. The number of benzene rings is 1. The Morgan fingerprint density at radius 1 is 1.25 bits per heavy atom. The molecule has 1 aromatic heterocycles. The molecule has 28 heavy (non-hydrogen) atoms. The largest absolute Gasteiger partial charge is 0.372 e. The summed E-state index contributed by atoms with van der Waals surface area (Å²) < 4.78 is 19.8. The molecule has 7 nitrogen and oxygen atoms in total. The molecule has 0 saturated heterocycles. The van der Waals surface area contributed by atoms with Gasteiger partial charge in [0.25, 0.3) is 11.5 Å². The molecule has 1 aliphatic rings. The van der Waals surface area contributed by atoms with Crippen LogP contribution in [-0.2, 0) is 22.5 Å². The standard InChI is InChI=1S/C20H22FN3O4/c1-3-28-12-17(25)23-9-8-16-13(10-23)11-24(15-6-4-14(21)5-7-15)20(27)18(16)19(26)22-2/h4-7,11H,3,8-10,12H2,1-2H3,(H,22,26). The van der Waals surface area contributed by atoms with E-state index in [1.165, 1.54) is 35.9 Å². The number of rotatable bonds is 5. The predicted octanol–water partition coefficient (Wildman–Crippen LogP) is 1.26. The minimum absolute atomic E-state index is 0.00820. The molecule has 2 amide bonds. The number of halogens is 1. The highest BCUT2D eigenvalue weighted by molar-refractivity contribution is 5.95. The van der Waals surface area contributed by atoms with Crippen molar-refractivity contribution in [3.05, 3.63) is 63.3 Å². The summed E-state index contributed by atoms with van der Waals surface area (Å²) in [5.41, 5.74) is 1.37. The first-order valence-corrected chi connectivity index (χ1v) is 9.07. The summed E-state index contributed by atoms with van der Waals surface area (Å²) >= 11 is 0. The van der Waals surface area contributed by atoms with Gasteiger partial charge in [0, 0.05) is 38.6 Å². The lowest BCUT2D eigenvalue weighted by Crippen LogP contribution is -2.41. The molecule has 2 heterocycles. The van der Waals surface area contributed by atoms with Crippen LogP contribution in [0.4, 0.5) is 4.39 Å². The molecule has 0 aliphatic carbocycles. The predicted molar refractivity (Wildman–Crippen MR) is 101 cm³/mol. The molecule has 1 aliphatic heterocycles. The molecule has 0 unspecified atom stereocenters. The van der Waals surface area contributed by atoms with Gasteiger partial charge in [-0.2, -0.15) is 0 Å². The third-order valence-corrected chi connectivity index (χ3v) is 4.74. The van der Waals surface area contributed by atoms with E-state index in [1.807, 2.05) is 6.92 Å². The molecule has 148 valence electrons. The molecule has 8 heteroatoms. The van der Waals surface area contributed by atoms with Gasteiger partial charge in [-0.05, 0) is 48.7 Å². The van der Waals surface area contributed by atoms with Crippen molar-refractivity contribution >= 4 is 11.8 Å². The normalized spacial score (nSPS) is 13.2. The van der Waals surface area contributed by atoms with Crippen LogP contribution in [-0.4, -0.2) is 48.1 Å². The summed E-state index contributed by atoms with van der Waals surface area (Å²) in [7, 11) is 1.46. The SMILES string of the molecule is CCOCC(=O)N1CCc2c(cn(-c3ccc(F)cc3)c(=O)c2C(=O)NC)C1. The molecule has 2 aromatic rings. The van der Waals surface area contributed by atoms with E-state index < -0.39 is 17.3 Å². The molecule has 0 radical (unpaired) electrons. The zero-order chi connectivity index (χ0) is 20.3. The number of nitrogens with one attached hydrogen (secondary N) is 1. The Bertz CT molecular complexity index is 953. The summed E-state index contributed by atoms with van der Waals surface area (Å²) in [6, 6.07) is 5.44. The van der Waals surface area contributed by atoms with E-state index in [0.717, 1.165) is 0 Å². The molecule has 0 atom stereocenters. The Kier molecular flexibility index (Phi) is 5.89. The molecule has 0 bridgehead atoms. The van der Waals surface area contributed by atoms with Crippen LogP contribution in [0.2, 0.25) is 0 Å². The fourth-order valence-electron chi connectivity index (χ4n) is 3.30. The lowest BCUT2D eigenvalue weighted by Gasteiger charge is -2.30. The molecule has 0 saturated carbocycles. The minimum Gasteiger partial charge on any atom is -0.372 e. The van der Waals surface area contributed by atoms with E-state index in [1.54, 1.807) is 11.1 Å². The maximum atomic E-state index is 13.3. The first kappa shape index (κ1) is 19.8. The van der Waals surface area contributed by atoms with Crippen LogP contribution in [0.25, 0.3) is 5.69 Å². The second-order valence-electron chi connectivity index (χ2n) is 6.44. The summed E-state index contributed by atoms with van der Waals surface area (Å²) in [6.07, 6.45) is 2.02. The molecule has 1 aromatic carbocycles. The summed E-state index contributed by atoms with van der Waals surface area (Å²) in [4.78, 5) is 39.4. The number of ether oxygens (including phenoxy) is 1. The minimum atomic E-state index is -0.480. The van der Waals surface area contributed by atoms with Gasteiger partial charge in [0.1, 0.15) is 18.0 Å². The lowest BCUT2D eigenvalue weighted by atomic mass is 9.96. The molecule has 3 rings (SSSR count). The fraction of sp³-hybridized carbons (Fsp3) is 0.350. The highest BCUT2D eigenvalue weighted by Gasteiger charge is 2.28. The van der Waals surface area contributed by atoms with Gasteiger partial charge < -0.3 is 15.0 Å². The Hall–Kier alpha value is -3.00. The topological polar surface area (TPSA) is 80.6 Å². The van der Waals surface area contributed by atoms with Gasteiger partial charge in [-0.1, -0.05) is 0 Å². The van der Waals surface area contributed by atoms with Crippen molar-refractivity contribution < 1.29 is 18.7 Å². The van der Waals surface area contributed by atoms with Crippen LogP contribution in [0.5, 0.6) is 0 Å². The summed E-state index contributed by atoms with van der Waals surface area (Å²) in [5.74, 6) is -1.05. The van der Waals surface area contributed by atoms with Crippen LogP contribution >= 0.6 is 0 Å². The molecule has 0 fully saturated rings. The maximum Gasteiger partial charge on any atom is 0.268 e. The number of carbonyl (C=O) groups is 2. The summed E-state index contributed by atoms with van der Waals surface area (Å²) in [5, 5.41) is 2.51. The van der Waals surface area contributed by atoms with Crippen LogP contribution < -0.4 is 10.9 Å². The van der Waals surface area contributed by atoms with E-state index in [4.69, 9.17) is 4.74 Å². The number of carbonyl (C=O) groups excluding carboxylic acids is 2. The van der Waals surface area contributed by atoms with E-state index in [9.17, 15) is 18.8 Å². The Morgan fingerprint density at radius 2 is 1.96 bits per heavy atom. The number of hydrogen-bond donors (Lipinski definition) is 1. The number of amides is 2. The van der Waals surface area contributed by atoms with Gasteiger partial charge in [0.15, 0.2) is 0 Å². The molecular weight excluding hydrogens is 365 g/mol. The zero-order valence-corrected chi connectivity index (χ0v) is 15.8. The number of fused-ring (bicyclic) bond motifs is 1. The number of aromatic nitrogens is 1.